The second kappa shape index (κ2) is 5.92. The highest BCUT2D eigenvalue weighted by Gasteiger charge is 2.11. The fourth-order valence-electron chi connectivity index (χ4n) is 1.64. The Hall–Kier alpha value is -0.0800. The molecule has 0 radical (unpaired) electrons. The highest BCUT2D eigenvalue weighted by atomic mass is 127. The van der Waals surface area contributed by atoms with Gasteiger partial charge in [0, 0.05) is 26.6 Å². The van der Waals surface area contributed by atoms with Crippen LogP contribution in [-0.4, -0.2) is 25.3 Å². The van der Waals surface area contributed by atoms with E-state index in [-0.39, 0.29) is 0 Å². The Morgan fingerprint density at radius 3 is 2.61 bits per heavy atom. The van der Waals surface area contributed by atoms with Crippen LogP contribution in [0.3, 0.4) is 0 Å². The Morgan fingerprint density at radius 1 is 1.22 bits per heavy atom. The van der Waals surface area contributed by atoms with Gasteiger partial charge in [0.25, 0.3) is 0 Å². The van der Waals surface area contributed by atoms with Crippen molar-refractivity contribution in [2.24, 2.45) is 4.99 Å². The van der Waals surface area contributed by atoms with Gasteiger partial charge in [-0.25, -0.2) is 4.99 Å². The summed E-state index contributed by atoms with van der Waals surface area (Å²) in [5, 5.41) is 2.91. The summed E-state index contributed by atoms with van der Waals surface area (Å²) in [6, 6.07) is 8.08. The van der Waals surface area contributed by atoms with Crippen LogP contribution < -0.4 is 0 Å². The van der Waals surface area contributed by atoms with Gasteiger partial charge < -0.3 is 4.90 Å². The molecule has 0 N–H and O–H groups in total. The van der Waals surface area contributed by atoms with Gasteiger partial charge in [-0.3, -0.25) is 0 Å². The van der Waals surface area contributed by atoms with Crippen LogP contribution in [0.4, 0.5) is 5.69 Å². The molecule has 0 atom stereocenters. The second-order valence-corrected chi connectivity index (χ2v) is 6.79. The van der Waals surface area contributed by atoms with Gasteiger partial charge in [-0.2, -0.15) is 0 Å². The molecule has 0 heterocycles. The normalized spacial score (nSPS) is 11.4. The highest BCUT2D eigenvalue weighted by molar-refractivity contribution is 14.1. The number of rotatable bonds is 2. The Bertz CT molecular complexity index is 624. The molecule has 0 aliphatic rings. The molecule has 0 aromatic heterocycles. The predicted molar refractivity (Wildman–Crippen MR) is 96.2 cm³/mol. The second-order valence-electron chi connectivity index (χ2n) is 4.06. The standard InChI is InChI=1S/C13H11ClI2N2/c1-18(2)7-17-13-11(16)6-10(15)8-4-3-5-9(14)12(8)13/h3-7H,1-2H3/b17-7+. The summed E-state index contributed by atoms with van der Waals surface area (Å²) >= 11 is 11.0. The van der Waals surface area contributed by atoms with E-state index in [1.54, 1.807) is 6.34 Å². The van der Waals surface area contributed by atoms with Crippen molar-refractivity contribution in [1.29, 1.82) is 0 Å². The molecule has 5 heteroatoms. The lowest BCUT2D eigenvalue weighted by molar-refractivity contribution is 0.643. The van der Waals surface area contributed by atoms with Crippen LogP contribution in [0.1, 0.15) is 0 Å². The molecule has 0 fully saturated rings. The van der Waals surface area contributed by atoms with Gasteiger partial charge in [0.2, 0.25) is 0 Å². The Kier molecular flexibility index (Phi) is 4.71. The Morgan fingerprint density at radius 2 is 1.94 bits per heavy atom. The number of hydrogen-bond donors (Lipinski definition) is 0. The number of benzene rings is 2. The Balaban J connectivity index is 2.79. The molecular formula is C13H11ClI2N2. The fourth-order valence-corrected chi connectivity index (χ4v) is 3.98. The lowest BCUT2D eigenvalue weighted by Crippen LogP contribution is -2.07. The maximum Gasteiger partial charge on any atom is 0.0907 e. The van der Waals surface area contributed by atoms with E-state index in [4.69, 9.17) is 11.6 Å². The van der Waals surface area contributed by atoms with Crippen molar-refractivity contribution in [1.82, 2.24) is 4.90 Å². The largest absolute Gasteiger partial charge is 0.369 e. The summed E-state index contributed by atoms with van der Waals surface area (Å²) in [5.74, 6) is 0. The van der Waals surface area contributed by atoms with E-state index in [2.05, 4.69) is 62.3 Å². The average Bonchev–Trinajstić information content (AvgIpc) is 2.29. The first kappa shape index (κ1) is 14.3. The summed E-state index contributed by atoms with van der Waals surface area (Å²) < 4.78 is 2.30. The van der Waals surface area contributed by atoms with Crippen LogP contribution in [0, 0.1) is 7.14 Å². The number of aliphatic imine (C=N–C) groups is 1. The highest BCUT2D eigenvalue weighted by Crippen LogP contribution is 2.38. The zero-order valence-electron chi connectivity index (χ0n) is 9.92. The fraction of sp³-hybridized carbons (Fsp3) is 0.154. The zero-order chi connectivity index (χ0) is 13.3. The maximum absolute atomic E-state index is 6.33. The van der Waals surface area contributed by atoms with Crippen molar-refractivity contribution >= 4 is 79.6 Å². The van der Waals surface area contributed by atoms with E-state index in [9.17, 15) is 0 Å². The Labute approximate surface area is 139 Å². The minimum atomic E-state index is 0.745. The van der Waals surface area contributed by atoms with E-state index < -0.39 is 0 Å². The van der Waals surface area contributed by atoms with Gasteiger partial charge in [0.15, 0.2) is 0 Å². The van der Waals surface area contributed by atoms with Crippen molar-refractivity contribution in [3.05, 3.63) is 36.4 Å². The minimum Gasteiger partial charge on any atom is -0.369 e. The van der Waals surface area contributed by atoms with Gasteiger partial charge in [0.1, 0.15) is 0 Å². The number of fused-ring (bicyclic) bond motifs is 1. The summed E-state index contributed by atoms with van der Waals surface area (Å²) in [5.41, 5.74) is 0.935. The van der Waals surface area contributed by atoms with Crippen LogP contribution in [0.2, 0.25) is 5.02 Å². The van der Waals surface area contributed by atoms with E-state index >= 15 is 0 Å². The number of hydrogen-bond acceptors (Lipinski definition) is 1. The molecule has 2 aromatic rings. The van der Waals surface area contributed by atoms with Crippen molar-refractivity contribution in [2.75, 3.05) is 14.1 Å². The van der Waals surface area contributed by atoms with E-state index in [0.29, 0.717) is 0 Å². The van der Waals surface area contributed by atoms with E-state index in [1.807, 2.05) is 31.1 Å². The van der Waals surface area contributed by atoms with Crippen LogP contribution in [0.15, 0.2) is 29.3 Å². The quantitative estimate of drug-likeness (QED) is 0.336. The number of nitrogens with zero attached hydrogens (tertiary/aromatic N) is 2. The van der Waals surface area contributed by atoms with Crippen molar-refractivity contribution < 1.29 is 0 Å². The molecule has 18 heavy (non-hydrogen) atoms. The molecule has 2 rings (SSSR count). The molecule has 0 saturated carbocycles. The van der Waals surface area contributed by atoms with E-state index in [1.165, 1.54) is 3.57 Å². The average molecular weight is 485 g/mol. The SMILES string of the molecule is CN(C)/C=N/c1c(I)cc(I)c2cccc(Cl)c12. The van der Waals surface area contributed by atoms with Crippen molar-refractivity contribution in [2.45, 2.75) is 0 Å². The molecule has 0 aliphatic carbocycles. The van der Waals surface area contributed by atoms with Gasteiger partial charge in [0.05, 0.1) is 17.0 Å². The van der Waals surface area contributed by atoms with Gasteiger partial charge in [-0.05, 0) is 62.7 Å². The zero-order valence-corrected chi connectivity index (χ0v) is 15.0. The minimum absolute atomic E-state index is 0.745. The summed E-state index contributed by atoms with van der Waals surface area (Å²) in [6.45, 7) is 0. The third-order valence-electron chi connectivity index (χ3n) is 2.41. The molecule has 0 amide bonds. The first-order valence-corrected chi connectivity index (χ1v) is 7.81. The van der Waals surface area contributed by atoms with E-state index in [0.717, 1.165) is 25.1 Å². The molecule has 0 saturated heterocycles. The topological polar surface area (TPSA) is 15.6 Å². The predicted octanol–water partition coefficient (Wildman–Crippen LogP) is 4.92. The van der Waals surface area contributed by atoms with Gasteiger partial charge in [-0.1, -0.05) is 23.7 Å². The third kappa shape index (κ3) is 2.91. The maximum atomic E-state index is 6.33. The summed E-state index contributed by atoms with van der Waals surface area (Å²) in [7, 11) is 3.90. The summed E-state index contributed by atoms with van der Waals surface area (Å²) in [6.07, 6.45) is 1.80. The smallest absolute Gasteiger partial charge is 0.0907 e. The van der Waals surface area contributed by atoms with Crippen LogP contribution in [0.5, 0.6) is 0 Å². The first-order valence-electron chi connectivity index (χ1n) is 5.27. The van der Waals surface area contributed by atoms with Crippen LogP contribution in [-0.2, 0) is 0 Å². The lowest BCUT2D eigenvalue weighted by atomic mass is 10.1. The van der Waals surface area contributed by atoms with Crippen LogP contribution in [0.25, 0.3) is 10.8 Å². The van der Waals surface area contributed by atoms with Gasteiger partial charge >= 0.3 is 0 Å². The van der Waals surface area contributed by atoms with Crippen molar-refractivity contribution in [3.63, 3.8) is 0 Å². The molecule has 2 aromatic carbocycles. The first-order chi connectivity index (χ1) is 8.50. The van der Waals surface area contributed by atoms with Gasteiger partial charge in [-0.15, -0.1) is 0 Å². The molecule has 0 unspecified atom stereocenters. The molecule has 94 valence electrons. The molecule has 0 spiro atoms. The lowest BCUT2D eigenvalue weighted by Gasteiger charge is -2.10. The van der Waals surface area contributed by atoms with Crippen LogP contribution >= 0.6 is 56.8 Å². The molecule has 0 bridgehead atoms. The summed E-state index contributed by atoms with van der Waals surface area (Å²) in [4.78, 5) is 6.45. The molecular weight excluding hydrogens is 473 g/mol. The van der Waals surface area contributed by atoms with Crippen molar-refractivity contribution in [3.8, 4) is 0 Å². The molecule has 2 nitrogen and oxygen atoms in total. The number of halogens is 3. The molecule has 0 aliphatic heterocycles. The monoisotopic (exact) mass is 484 g/mol. The third-order valence-corrected chi connectivity index (χ3v) is 4.43.